The van der Waals surface area contributed by atoms with E-state index in [4.69, 9.17) is 10.5 Å². The van der Waals surface area contributed by atoms with Gasteiger partial charge in [0.2, 0.25) is 0 Å². The number of hydrogen-bond donors (Lipinski definition) is 1. The minimum Gasteiger partial charge on any atom is -0.426 e. The second kappa shape index (κ2) is 4.62. The molecule has 1 rings (SSSR count). The van der Waals surface area contributed by atoms with E-state index in [1.165, 1.54) is 0 Å². The highest BCUT2D eigenvalue weighted by molar-refractivity contribution is 5.74. The molecule has 0 aliphatic heterocycles. The van der Waals surface area contributed by atoms with Gasteiger partial charge in [0, 0.05) is 6.54 Å². The Morgan fingerprint density at radius 3 is 2.62 bits per heavy atom. The largest absolute Gasteiger partial charge is 0.426 e. The summed E-state index contributed by atoms with van der Waals surface area (Å²) in [5.74, 6) is 0.0294. The van der Waals surface area contributed by atoms with E-state index in [9.17, 15) is 4.79 Å². The van der Waals surface area contributed by atoms with Crippen LogP contribution in [0.3, 0.4) is 0 Å². The summed E-state index contributed by atoms with van der Waals surface area (Å²) in [4.78, 5) is 11.2. The fourth-order valence-electron chi connectivity index (χ4n) is 0.802. The van der Waals surface area contributed by atoms with Crippen LogP contribution in [0.2, 0.25) is 0 Å². The minimum absolute atomic E-state index is 0.250. The number of para-hydroxylation sites is 1. The zero-order chi connectivity index (χ0) is 9.68. The van der Waals surface area contributed by atoms with Crippen molar-refractivity contribution < 1.29 is 9.53 Å². The lowest BCUT2D eigenvalue weighted by Crippen LogP contribution is -2.24. The van der Waals surface area contributed by atoms with E-state index >= 15 is 0 Å². The van der Waals surface area contributed by atoms with E-state index in [-0.39, 0.29) is 11.9 Å². The molecule has 1 aromatic rings. The first kappa shape index (κ1) is 9.74. The monoisotopic (exact) mass is 179 g/mol. The van der Waals surface area contributed by atoms with Crippen molar-refractivity contribution in [3.8, 4) is 5.75 Å². The highest BCUT2D eigenvalue weighted by atomic mass is 16.5. The van der Waals surface area contributed by atoms with Gasteiger partial charge in [-0.05, 0) is 12.1 Å². The second-order valence-electron chi connectivity index (χ2n) is 2.87. The average Bonchev–Trinajstić information content (AvgIpc) is 2.18. The molecule has 1 unspecified atom stereocenters. The number of ether oxygens (including phenoxy) is 1. The van der Waals surface area contributed by atoms with Gasteiger partial charge >= 0.3 is 5.97 Å². The number of benzene rings is 1. The Labute approximate surface area is 77.5 Å². The fourth-order valence-corrected chi connectivity index (χ4v) is 0.802. The number of nitrogens with two attached hydrogens (primary N) is 1. The maximum Gasteiger partial charge on any atom is 0.315 e. The molecule has 1 atom stereocenters. The molecule has 0 fully saturated rings. The highest BCUT2D eigenvalue weighted by Gasteiger charge is 2.12. The number of esters is 1. The Morgan fingerprint density at radius 1 is 1.46 bits per heavy atom. The van der Waals surface area contributed by atoms with Gasteiger partial charge in [0.15, 0.2) is 0 Å². The van der Waals surface area contributed by atoms with Crippen LogP contribution in [0.15, 0.2) is 30.3 Å². The lowest BCUT2D eigenvalue weighted by molar-refractivity contribution is -0.138. The molecule has 0 heterocycles. The summed E-state index contributed by atoms with van der Waals surface area (Å²) in [6.45, 7) is 2.05. The molecule has 3 heteroatoms. The third kappa shape index (κ3) is 2.87. The Balaban J connectivity index is 2.55. The number of carbonyl (C=O) groups is 1. The van der Waals surface area contributed by atoms with Crippen LogP contribution in [0.25, 0.3) is 0 Å². The van der Waals surface area contributed by atoms with E-state index in [0.717, 1.165) is 0 Å². The third-order valence-corrected chi connectivity index (χ3v) is 1.72. The van der Waals surface area contributed by atoms with Gasteiger partial charge in [-0.2, -0.15) is 0 Å². The summed E-state index contributed by atoms with van der Waals surface area (Å²) in [6.07, 6.45) is 0. The molecule has 0 saturated heterocycles. The van der Waals surface area contributed by atoms with Gasteiger partial charge in [-0.25, -0.2) is 0 Å². The fraction of sp³-hybridized carbons (Fsp3) is 0.300. The molecule has 0 radical (unpaired) electrons. The molecule has 0 aliphatic rings. The van der Waals surface area contributed by atoms with Crippen molar-refractivity contribution in [2.24, 2.45) is 11.7 Å². The summed E-state index contributed by atoms with van der Waals surface area (Å²) in [7, 11) is 0. The first-order chi connectivity index (χ1) is 6.24. The topological polar surface area (TPSA) is 52.3 Å². The number of hydrogen-bond acceptors (Lipinski definition) is 3. The van der Waals surface area contributed by atoms with Gasteiger partial charge < -0.3 is 10.5 Å². The first-order valence-corrected chi connectivity index (χ1v) is 4.21. The molecule has 0 spiro atoms. The molecule has 2 N–H and O–H groups in total. The summed E-state index contributed by atoms with van der Waals surface area (Å²) >= 11 is 0. The SMILES string of the molecule is CC(CN)C(=O)Oc1ccccc1. The molecule has 0 saturated carbocycles. The Bertz CT molecular complexity index is 272. The van der Waals surface area contributed by atoms with Gasteiger partial charge in [-0.1, -0.05) is 25.1 Å². The van der Waals surface area contributed by atoms with Crippen molar-refractivity contribution >= 4 is 5.97 Å². The van der Waals surface area contributed by atoms with Crippen LogP contribution < -0.4 is 10.5 Å². The zero-order valence-corrected chi connectivity index (χ0v) is 7.57. The van der Waals surface area contributed by atoms with Crippen LogP contribution in [0, 0.1) is 5.92 Å². The summed E-state index contributed by atoms with van der Waals surface area (Å²) < 4.78 is 5.05. The zero-order valence-electron chi connectivity index (χ0n) is 7.57. The van der Waals surface area contributed by atoms with Crippen molar-refractivity contribution in [2.45, 2.75) is 6.92 Å². The van der Waals surface area contributed by atoms with Crippen LogP contribution >= 0.6 is 0 Å². The molecule has 13 heavy (non-hydrogen) atoms. The molecular formula is C10H13NO2. The minimum atomic E-state index is -0.284. The molecule has 0 aromatic heterocycles. The maximum absolute atomic E-state index is 11.2. The Morgan fingerprint density at radius 2 is 2.08 bits per heavy atom. The standard InChI is InChI=1S/C10H13NO2/c1-8(7-11)10(12)13-9-5-3-2-4-6-9/h2-6,8H,7,11H2,1H3. The quantitative estimate of drug-likeness (QED) is 0.560. The summed E-state index contributed by atoms with van der Waals surface area (Å²) in [6, 6.07) is 8.97. The second-order valence-corrected chi connectivity index (χ2v) is 2.87. The van der Waals surface area contributed by atoms with E-state index < -0.39 is 0 Å². The summed E-state index contributed by atoms with van der Waals surface area (Å²) in [5, 5.41) is 0. The lowest BCUT2D eigenvalue weighted by atomic mass is 10.2. The van der Waals surface area contributed by atoms with Crippen LogP contribution in [0.1, 0.15) is 6.92 Å². The first-order valence-electron chi connectivity index (χ1n) is 4.21. The van der Waals surface area contributed by atoms with Crippen LogP contribution in [-0.2, 0) is 4.79 Å². The smallest absolute Gasteiger partial charge is 0.315 e. The van der Waals surface area contributed by atoms with Crippen molar-refractivity contribution in [1.82, 2.24) is 0 Å². The van der Waals surface area contributed by atoms with Crippen LogP contribution in [0.4, 0.5) is 0 Å². The average molecular weight is 179 g/mol. The molecule has 0 amide bonds. The molecular weight excluding hydrogens is 166 g/mol. The molecule has 3 nitrogen and oxygen atoms in total. The van der Waals surface area contributed by atoms with Gasteiger partial charge in [0.1, 0.15) is 5.75 Å². The molecule has 0 bridgehead atoms. The van der Waals surface area contributed by atoms with E-state index in [1.807, 2.05) is 18.2 Å². The van der Waals surface area contributed by atoms with Crippen molar-refractivity contribution in [3.05, 3.63) is 30.3 Å². The molecule has 0 aliphatic carbocycles. The molecule has 1 aromatic carbocycles. The van der Waals surface area contributed by atoms with Gasteiger partial charge in [-0.3, -0.25) is 4.79 Å². The van der Waals surface area contributed by atoms with Gasteiger partial charge in [0.25, 0.3) is 0 Å². The van der Waals surface area contributed by atoms with E-state index in [1.54, 1.807) is 19.1 Å². The predicted molar refractivity (Wildman–Crippen MR) is 50.3 cm³/mol. The normalized spacial score (nSPS) is 12.2. The lowest BCUT2D eigenvalue weighted by Gasteiger charge is -2.07. The van der Waals surface area contributed by atoms with Crippen molar-refractivity contribution in [1.29, 1.82) is 0 Å². The maximum atomic E-state index is 11.2. The van der Waals surface area contributed by atoms with E-state index in [0.29, 0.717) is 12.3 Å². The highest BCUT2D eigenvalue weighted by Crippen LogP contribution is 2.10. The molecule has 70 valence electrons. The van der Waals surface area contributed by atoms with E-state index in [2.05, 4.69) is 0 Å². The van der Waals surface area contributed by atoms with Crippen LogP contribution in [0.5, 0.6) is 5.75 Å². The van der Waals surface area contributed by atoms with Gasteiger partial charge in [0.05, 0.1) is 5.92 Å². The Hall–Kier alpha value is -1.35. The summed E-state index contributed by atoms with van der Waals surface area (Å²) in [5.41, 5.74) is 5.33. The van der Waals surface area contributed by atoms with Gasteiger partial charge in [-0.15, -0.1) is 0 Å². The number of rotatable bonds is 3. The third-order valence-electron chi connectivity index (χ3n) is 1.72. The van der Waals surface area contributed by atoms with Crippen molar-refractivity contribution in [3.63, 3.8) is 0 Å². The number of carbonyl (C=O) groups excluding carboxylic acids is 1. The Kier molecular flexibility index (Phi) is 3.46. The predicted octanol–water partition coefficient (Wildman–Crippen LogP) is 1.19. The van der Waals surface area contributed by atoms with Crippen LogP contribution in [-0.4, -0.2) is 12.5 Å². The van der Waals surface area contributed by atoms with Crippen molar-refractivity contribution in [2.75, 3.05) is 6.54 Å².